The molecular formula is C44H47ClFN7O10PdY-2. The summed E-state index contributed by atoms with van der Waals surface area (Å²) in [4.78, 5) is 62.1. The first-order chi connectivity index (χ1) is 29.4. The molecule has 0 unspecified atom stereocenters. The Bertz CT molecular complexity index is 2500. The maximum absolute atomic E-state index is 12.4. The van der Waals surface area contributed by atoms with Crippen LogP contribution in [0, 0.1) is 60.3 Å². The van der Waals surface area contributed by atoms with Crippen molar-refractivity contribution in [3.05, 3.63) is 182 Å². The van der Waals surface area contributed by atoms with E-state index in [4.69, 9.17) is 37.3 Å². The number of nitro benzene ring substituents is 2. The van der Waals surface area contributed by atoms with Crippen molar-refractivity contribution in [2.45, 2.75) is 40.5 Å². The second-order valence-corrected chi connectivity index (χ2v) is 13.0. The maximum Gasteiger partial charge on any atom is 0.272 e. The van der Waals surface area contributed by atoms with Crippen LogP contribution in [0.4, 0.5) is 27.4 Å². The van der Waals surface area contributed by atoms with Crippen LogP contribution in [-0.4, -0.2) is 49.5 Å². The van der Waals surface area contributed by atoms with Crippen molar-refractivity contribution in [3.8, 4) is 23.0 Å². The van der Waals surface area contributed by atoms with Crippen LogP contribution < -0.4 is 26.4 Å². The van der Waals surface area contributed by atoms with Crippen LogP contribution in [-0.2, 0) is 73.9 Å². The third-order valence-corrected chi connectivity index (χ3v) is 7.67. The molecule has 3 aromatic heterocycles. The number of carbonyl (C=O) groups is 2. The zero-order valence-electron chi connectivity index (χ0n) is 36.2. The number of anilines is 2. The van der Waals surface area contributed by atoms with E-state index in [0.29, 0.717) is 52.1 Å². The quantitative estimate of drug-likeness (QED) is 0.0360. The minimum absolute atomic E-state index is 0. The number of aryl methyl sites for hydroxylation is 3. The Morgan fingerprint density at radius 2 is 1.35 bits per heavy atom. The second-order valence-electron chi connectivity index (χ2n) is 12.5. The van der Waals surface area contributed by atoms with Gasteiger partial charge in [-0.05, 0) is 61.8 Å². The van der Waals surface area contributed by atoms with E-state index in [1.54, 1.807) is 56.4 Å². The number of nitrogens with zero attached hydrogens (tertiary/aromatic N) is 4. The number of benzene rings is 3. The van der Waals surface area contributed by atoms with E-state index in [0.717, 1.165) is 29.5 Å². The smallest absolute Gasteiger partial charge is 0.272 e. The van der Waals surface area contributed by atoms with Crippen molar-refractivity contribution >= 4 is 45.6 Å². The molecule has 0 saturated heterocycles. The number of hydrogen-bond donors (Lipinski definition) is 3. The summed E-state index contributed by atoms with van der Waals surface area (Å²) in [7, 11) is 1.50. The van der Waals surface area contributed by atoms with Gasteiger partial charge >= 0.3 is 0 Å². The number of nitrogens with two attached hydrogens (primary N) is 2. The zero-order chi connectivity index (χ0) is 46.2. The van der Waals surface area contributed by atoms with E-state index in [1.165, 1.54) is 44.6 Å². The van der Waals surface area contributed by atoms with Gasteiger partial charge in [0.1, 0.15) is 41.3 Å². The number of nitro groups is 2. The molecule has 21 heteroatoms. The number of rotatable bonds is 11. The van der Waals surface area contributed by atoms with Crippen LogP contribution in [0.5, 0.6) is 23.0 Å². The van der Waals surface area contributed by atoms with Gasteiger partial charge in [0.05, 0.1) is 22.0 Å². The molecule has 0 amide bonds. The first-order valence-electron chi connectivity index (χ1n) is 18.2. The van der Waals surface area contributed by atoms with E-state index in [9.17, 15) is 39.0 Å². The normalized spacial score (nSPS) is 9.28. The van der Waals surface area contributed by atoms with Crippen LogP contribution in [0.1, 0.15) is 35.7 Å². The van der Waals surface area contributed by atoms with Gasteiger partial charge in [0.25, 0.3) is 11.4 Å². The molecule has 5 N–H and O–H groups in total. The Morgan fingerprint density at radius 3 is 1.83 bits per heavy atom. The summed E-state index contributed by atoms with van der Waals surface area (Å²) >= 11 is 4.82. The van der Waals surface area contributed by atoms with E-state index in [2.05, 4.69) is 21.0 Å². The Balaban J connectivity index is 0. The van der Waals surface area contributed by atoms with Crippen LogP contribution in [0.15, 0.2) is 114 Å². The number of methoxy groups -OCH3 is 1. The number of ketones is 1. The average Bonchev–Trinajstić information content (AvgIpc) is 3.19. The van der Waals surface area contributed by atoms with Crippen molar-refractivity contribution in [2.75, 3.05) is 25.2 Å². The van der Waals surface area contributed by atoms with Gasteiger partial charge < -0.3 is 38.1 Å². The Hall–Kier alpha value is -5.80. The van der Waals surface area contributed by atoms with Gasteiger partial charge in [-0.1, -0.05) is 13.8 Å². The van der Waals surface area contributed by atoms with Crippen LogP contribution in [0.2, 0.25) is 0 Å². The molecule has 0 aliphatic carbocycles. The predicted octanol–water partition coefficient (Wildman–Crippen LogP) is 9.02. The fourth-order valence-electron chi connectivity index (χ4n) is 4.60. The number of nitrogens with one attached hydrogen (secondary N) is 1. The minimum Gasteiger partial charge on any atom is -0.483 e. The molecule has 65 heavy (non-hydrogen) atoms. The topological polar surface area (TPSA) is 259 Å². The molecule has 0 aliphatic rings. The molecule has 6 rings (SSSR count). The van der Waals surface area contributed by atoms with Gasteiger partial charge in [-0.15, -0.1) is 12.1 Å². The Morgan fingerprint density at radius 1 is 0.815 bits per heavy atom. The fraction of sp³-hybridized carbons (Fsp3) is 0.182. The van der Waals surface area contributed by atoms with E-state index < -0.39 is 15.7 Å². The molecule has 3 heterocycles. The number of nitrogen functional groups attached to an aromatic ring is 2. The largest absolute Gasteiger partial charge is 0.483 e. The van der Waals surface area contributed by atoms with E-state index in [1.807, 2.05) is 25.1 Å². The number of aromatic amines is 1. The number of ether oxygens (including phenoxy) is 3. The molecular weight excluding hydrogens is 1040 g/mol. The number of carbonyl (C=O) groups excluding carboxylic acids is 2. The SMILES string of the molecule is CCC(=O)Cl.COCC(=O)Cc1cc(Oc2cc[c-]c(C)c2)ccn1.Cc1cc(F)ccc1[N+](=O)[O-].Cc1cc(Oc2ccnc(N)c2)ccc1[N+](=O)[O-].Nc1cc(=O)cc[nH]1.[CH3-].[Pd].[Y]. The summed E-state index contributed by atoms with van der Waals surface area (Å²) in [5.41, 5.74) is 13.2. The summed E-state index contributed by atoms with van der Waals surface area (Å²) < 4.78 is 28.5. The Kier molecular flexibility index (Phi) is 30.9. The maximum atomic E-state index is 12.4. The molecule has 0 saturated carbocycles. The summed E-state index contributed by atoms with van der Waals surface area (Å²) in [6.07, 6.45) is 5.35. The minimum atomic E-state index is -0.533. The molecule has 17 nitrogen and oxygen atoms in total. The van der Waals surface area contributed by atoms with Crippen LogP contribution in [0.3, 0.4) is 0 Å². The first-order valence-corrected chi connectivity index (χ1v) is 18.6. The average molecular weight is 1080 g/mol. The molecule has 0 aliphatic heterocycles. The molecule has 0 bridgehead atoms. The first kappa shape index (κ1) is 61.3. The summed E-state index contributed by atoms with van der Waals surface area (Å²) in [6.45, 7) is 6.93. The summed E-state index contributed by atoms with van der Waals surface area (Å²) in [5, 5.41) is 20.6. The molecule has 0 spiro atoms. The van der Waals surface area contributed by atoms with Gasteiger partial charge in [-0.2, -0.15) is 17.7 Å². The van der Waals surface area contributed by atoms with Crippen LogP contribution in [0.25, 0.3) is 0 Å². The predicted molar refractivity (Wildman–Crippen MR) is 238 cm³/mol. The van der Waals surface area contributed by atoms with Crippen LogP contribution >= 0.6 is 11.6 Å². The molecule has 3 aromatic carbocycles. The number of Topliss-reactive ketones (excluding diaryl/α,β-unsaturated/α-hetero) is 1. The molecule has 347 valence electrons. The van der Waals surface area contributed by atoms with Gasteiger partial charge in [0.2, 0.25) is 5.24 Å². The van der Waals surface area contributed by atoms with Gasteiger partial charge in [0.15, 0.2) is 11.2 Å². The number of hydrogen-bond acceptors (Lipinski definition) is 14. The van der Waals surface area contributed by atoms with Crippen molar-refractivity contribution in [1.29, 1.82) is 0 Å². The zero-order valence-corrected chi connectivity index (χ0v) is 41.3. The standard InChI is InChI=1S/C16H16NO3.C12H11N3O3.C7H6FNO2.C5H6N2O.C3H5ClO.CH3.Pd.Y/c1-12-4-3-5-15(8-12)20-16-6-7-17-13(10-16)9-14(18)11-19-2;1-8-6-9(2-3-11(8)15(16)17)18-10-4-5-14-12(13)7-10;1-5-4-6(8)2-3-7(5)9(10)11;6-5-3-4(8)1-2-7-5;1-2-3(4)5;;;/h3,5-8,10H,9,11H2,1-2H3;2-7H,1H3,(H2,13,14);2-4H,1H3;1-3H,(H3,6,7,8);2H2,1H3;1H3;;/q-1;;;;;-1;;. The van der Waals surface area contributed by atoms with Crippen molar-refractivity contribution in [2.24, 2.45) is 0 Å². The Labute approximate surface area is 419 Å². The van der Waals surface area contributed by atoms with Crippen molar-refractivity contribution in [1.82, 2.24) is 15.0 Å². The van der Waals surface area contributed by atoms with Gasteiger partial charge in [0, 0.05) is 139 Å². The monoisotopic (exact) mass is 1080 g/mol. The molecule has 0 fully saturated rings. The number of pyridine rings is 3. The molecule has 1 radical (unpaired) electrons. The molecule has 6 aromatic rings. The number of halogens is 2. The van der Waals surface area contributed by atoms with E-state index in [-0.39, 0.29) is 101 Å². The van der Waals surface area contributed by atoms with E-state index >= 15 is 0 Å². The van der Waals surface area contributed by atoms with Crippen molar-refractivity contribution < 1.29 is 91.2 Å². The number of aromatic nitrogens is 3. The fourth-order valence-corrected chi connectivity index (χ4v) is 4.60. The third kappa shape index (κ3) is 25.3. The van der Waals surface area contributed by atoms with Gasteiger partial charge in [-0.25, -0.2) is 9.37 Å². The third-order valence-electron chi connectivity index (χ3n) is 7.41. The van der Waals surface area contributed by atoms with Crippen molar-refractivity contribution in [3.63, 3.8) is 0 Å². The second kappa shape index (κ2) is 32.8. The number of H-pyrrole nitrogens is 1. The summed E-state index contributed by atoms with van der Waals surface area (Å²) in [5.74, 6) is 2.74. The summed E-state index contributed by atoms with van der Waals surface area (Å²) in [6, 6.07) is 26.0. The molecule has 0 atom stereocenters. The van der Waals surface area contributed by atoms with Gasteiger partial charge in [-0.3, -0.25) is 39.6 Å².